The van der Waals surface area contributed by atoms with Crippen LogP contribution in [0, 0.1) is 0 Å². The number of nitrogens with one attached hydrogen (secondary N) is 1. The lowest BCUT2D eigenvalue weighted by atomic mass is 9.99. The first kappa shape index (κ1) is 11.7. The maximum atomic E-state index is 9.45. The maximum absolute atomic E-state index is 9.45. The molecule has 0 spiro atoms. The van der Waals surface area contributed by atoms with Crippen LogP contribution in [0.3, 0.4) is 0 Å². The van der Waals surface area contributed by atoms with Crippen molar-refractivity contribution in [3.8, 4) is 0 Å². The lowest BCUT2D eigenvalue weighted by Crippen LogP contribution is -2.45. The largest absolute Gasteiger partial charge is 0.465 e. The molecule has 1 aromatic heterocycles. The Labute approximate surface area is 96.8 Å². The van der Waals surface area contributed by atoms with Crippen LogP contribution in [0.5, 0.6) is 0 Å². The van der Waals surface area contributed by atoms with Crippen LogP contribution in [0.1, 0.15) is 44.1 Å². The Hall–Kier alpha value is -0.800. The van der Waals surface area contributed by atoms with E-state index in [9.17, 15) is 5.11 Å². The summed E-state index contributed by atoms with van der Waals surface area (Å²) >= 11 is 0. The van der Waals surface area contributed by atoms with Gasteiger partial charge in [-0.05, 0) is 25.0 Å². The van der Waals surface area contributed by atoms with Crippen molar-refractivity contribution < 1.29 is 9.52 Å². The molecule has 0 bridgehead atoms. The first-order chi connectivity index (χ1) is 7.78. The van der Waals surface area contributed by atoms with Crippen LogP contribution in [-0.4, -0.2) is 17.3 Å². The molecule has 2 N–H and O–H groups in total. The SMILES string of the molecule is CCc1ccc(CNC2(CO)CCCC2)o1. The molecular formula is C13H21NO2. The highest BCUT2D eigenvalue weighted by molar-refractivity contribution is 5.07. The van der Waals surface area contributed by atoms with Gasteiger partial charge in [0.15, 0.2) is 0 Å². The first-order valence-corrected chi connectivity index (χ1v) is 6.21. The third-order valence-corrected chi connectivity index (χ3v) is 3.57. The van der Waals surface area contributed by atoms with Gasteiger partial charge in [0.05, 0.1) is 13.2 Å². The van der Waals surface area contributed by atoms with Crippen LogP contribution in [0.4, 0.5) is 0 Å². The molecule has 1 fully saturated rings. The summed E-state index contributed by atoms with van der Waals surface area (Å²) in [5.74, 6) is 2.00. The number of rotatable bonds is 5. The Balaban J connectivity index is 1.90. The van der Waals surface area contributed by atoms with E-state index >= 15 is 0 Å². The van der Waals surface area contributed by atoms with E-state index in [-0.39, 0.29) is 12.1 Å². The van der Waals surface area contributed by atoms with Crippen molar-refractivity contribution in [3.05, 3.63) is 23.7 Å². The average Bonchev–Trinajstić information content (AvgIpc) is 2.96. The van der Waals surface area contributed by atoms with E-state index in [0.29, 0.717) is 0 Å². The minimum Gasteiger partial charge on any atom is -0.465 e. The first-order valence-electron chi connectivity index (χ1n) is 6.21. The molecule has 1 heterocycles. The lowest BCUT2D eigenvalue weighted by Gasteiger charge is -2.27. The molecule has 0 radical (unpaired) electrons. The zero-order valence-electron chi connectivity index (χ0n) is 9.96. The summed E-state index contributed by atoms with van der Waals surface area (Å²) in [5.41, 5.74) is -0.0564. The predicted octanol–water partition coefficient (Wildman–Crippen LogP) is 2.24. The van der Waals surface area contributed by atoms with Crippen LogP contribution < -0.4 is 5.32 Å². The summed E-state index contributed by atoms with van der Waals surface area (Å²) in [6, 6.07) is 4.04. The number of aliphatic hydroxyl groups is 1. The minimum atomic E-state index is -0.0564. The fourth-order valence-corrected chi connectivity index (χ4v) is 2.42. The average molecular weight is 223 g/mol. The summed E-state index contributed by atoms with van der Waals surface area (Å²) in [7, 11) is 0. The number of aliphatic hydroxyl groups excluding tert-OH is 1. The molecule has 0 aliphatic heterocycles. The third kappa shape index (κ3) is 2.47. The molecular weight excluding hydrogens is 202 g/mol. The summed E-state index contributed by atoms with van der Waals surface area (Å²) in [6.45, 7) is 3.04. The maximum Gasteiger partial charge on any atom is 0.117 e. The van der Waals surface area contributed by atoms with E-state index in [1.807, 2.05) is 12.1 Å². The van der Waals surface area contributed by atoms with Gasteiger partial charge >= 0.3 is 0 Å². The summed E-state index contributed by atoms with van der Waals surface area (Å²) in [4.78, 5) is 0. The Morgan fingerprint density at radius 1 is 1.31 bits per heavy atom. The lowest BCUT2D eigenvalue weighted by molar-refractivity contribution is 0.160. The van der Waals surface area contributed by atoms with Gasteiger partial charge in [-0.25, -0.2) is 0 Å². The molecule has 3 nitrogen and oxygen atoms in total. The predicted molar refractivity (Wildman–Crippen MR) is 63.2 cm³/mol. The van der Waals surface area contributed by atoms with Crippen molar-refractivity contribution in [1.82, 2.24) is 5.32 Å². The fourth-order valence-electron chi connectivity index (χ4n) is 2.42. The second kappa shape index (κ2) is 5.02. The zero-order valence-corrected chi connectivity index (χ0v) is 9.96. The molecule has 90 valence electrons. The van der Waals surface area contributed by atoms with Crippen LogP contribution >= 0.6 is 0 Å². The third-order valence-electron chi connectivity index (χ3n) is 3.57. The van der Waals surface area contributed by atoms with Crippen molar-refractivity contribution in [2.75, 3.05) is 6.61 Å². The molecule has 16 heavy (non-hydrogen) atoms. The highest BCUT2D eigenvalue weighted by Gasteiger charge is 2.32. The van der Waals surface area contributed by atoms with E-state index in [1.165, 1.54) is 12.8 Å². The molecule has 0 saturated heterocycles. The van der Waals surface area contributed by atoms with Gasteiger partial charge in [0.25, 0.3) is 0 Å². The molecule has 0 amide bonds. The van der Waals surface area contributed by atoms with Crippen LogP contribution in [0.25, 0.3) is 0 Å². The van der Waals surface area contributed by atoms with Gasteiger partial charge in [-0.15, -0.1) is 0 Å². The van der Waals surface area contributed by atoms with E-state index in [4.69, 9.17) is 4.42 Å². The van der Waals surface area contributed by atoms with E-state index in [1.54, 1.807) is 0 Å². The molecule has 0 unspecified atom stereocenters. The van der Waals surface area contributed by atoms with Crippen molar-refractivity contribution in [1.29, 1.82) is 0 Å². The van der Waals surface area contributed by atoms with Gasteiger partial charge in [0.1, 0.15) is 11.5 Å². The molecule has 1 aliphatic rings. The van der Waals surface area contributed by atoms with Gasteiger partial charge < -0.3 is 14.8 Å². The fraction of sp³-hybridized carbons (Fsp3) is 0.692. The van der Waals surface area contributed by atoms with Crippen molar-refractivity contribution in [2.45, 2.75) is 51.1 Å². The minimum absolute atomic E-state index is 0.0564. The molecule has 0 atom stereocenters. The zero-order chi connectivity index (χ0) is 11.4. The van der Waals surface area contributed by atoms with Gasteiger partial charge in [0, 0.05) is 12.0 Å². The van der Waals surface area contributed by atoms with Gasteiger partial charge in [-0.2, -0.15) is 0 Å². The normalized spacial score (nSPS) is 19.1. The van der Waals surface area contributed by atoms with Gasteiger partial charge in [0.2, 0.25) is 0 Å². The summed E-state index contributed by atoms with van der Waals surface area (Å²) < 4.78 is 5.64. The van der Waals surface area contributed by atoms with Crippen molar-refractivity contribution >= 4 is 0 Å². The highest BCUT2D eigenvalue weighted by Crippen LogP contribution is 2.29. The van der Waals surface area contributed by atoms with Crippen LogP contribution in [0.2, 0.25) is 0 Å². The Morgan fingerprint density at radius 2 is 2.00 bits per heavy atom. The standard InChI is InChI=1S/C13H21NO2/c1-2-11-5-6-12(16-11)9-14-13(10-15)7-3-4-8-13/h5-6,14-15H,2-4,7-10H2,1H3. The second-order valence-electron chi connectivity index (χ2n) is 4.72. The van der Waals surface area contributed by atoms with Crippen LogP contribution in [0.15, 0.2) is 16.5 Å². The Morgan fingerprint density at radius 3 is 2.56 bits per heavy atom. The van der Waals surface area contributed by atoms with Gasteiger partial charge in [-0.3, -0.25) is 0 Å². The quantitative estimate of drug-likeness (QED) is 0.804. The number of hydrogen-bond donors (Lipinski definition) is 2. The summed E-state index contributed by atoms with van der Waals surface area (Å²) in [6.07, 6.45) is 5.51. The molecule has 2 rings (SSSR count). The van der Waals surface area contributed by atoms with E-state index in [2.05, 4.69) is 12.2 Å². The number of aryl methyl sites for hydroxylation is 1. The molecule has 3 heteroatoms. The summed E-state index contributed by atoms with van der Waals surface area (Å²) in [5, 5.41) is 12.9. The number of furan rings is 1. The molecule has 1 saturated carbocycles. The molecule has 1 aliphatic carbocycles. The van der Waals surface area contributed by atoms with E-state index in [0.717, 1.165) is 37.3 Å². The van der Waals surface area contributed by atoms with Crippen molar-refractivity contribution in [3.63, 3.8) is 0 Å². The number of hydrogen-bond acceptors (Lipinski definition) is 3. The van der Waals surface area contributed by atoms with Gasteiger partial charge in [-0.1, -0.05) is 19.8 Å². The highest BCUT2D eigenvalue weighted by atomic mass is 16.3. The van der Waals surface area contributed by atoms with E-state index < -0.39 is 0 Å². The Bertz CT molecular complexity index is 326. The monoisotopic (exact) mass is 223 g/mol. The van der Waals surface area contributed by atoms with Crippen molar-refractivity contribution in [2.24, 2.45) is 0 Å². The molecule has 1 aromatic rings. The topological polar surface area (TPSA) is 45.4 Å². The van der Waals surface area contributed by atoms with Crippen LogP contribution in [-0.2, 0) is 13.0 Å². The second-order valence-corrected chi connectivity index (χ2v) is 4.72. The molecule has 0 aromatic carbocycles. The Kier molecular flexibility index (Phi) is 3.66. The smallest absolute Gasteiger partial charge is 0.117 e.